The smallest absolute Gasteiger partial charge is 0.336 e. The lowest BCUT2D eigenvalue weighted by molar-refractivity contribution is -0.114. The zero-order chi connectivity index (χ0) is 22.0. The summed E-state index contributed by atoms with van der Waals surface area (Å²) in [5.41, 5.74) is 1.84. The van der Waals surface area contributed by atoms with E-state index in [1.54, 1.807) is 22.8 Å². The topological polar surface area (TPSA) is 94.2 Å². The maximum absolute atomic E-state index is 13.0. The van der Waals surface area contributed by atoms with E-state index in [-0.39, 0.29) is 11.5 Å². The zero-order valence-corrected chi connectivity index (χ0v) is 18.0. The van der Waals surface area contributed by atoms with Crippen LogP contribution in [0.15, 0.2) is 67.7 Å². The number of carbonyl (C=O) groups excluding carboxylic acids is 1. The Bertz CT molecular complexity index is 1410. The third kappa shape index (κ3) is 4.39. The van der Waals surface area contributed by atoms with Crippen molar-refractivity contribution in [2.45, 2.75) is 37.7 Å². The molecule has 4 rings (SSSR count). The fourth-order valence-electron chi connectivity index (χ4n) is 3.45. The summed E-state index contributed by atoms with van der Waals surface area (Å²) >= 11 is 1.41. The van der Waals surface area contributed by atoms with Gasteiger partial charge in [-0.1, -0.05) is 30.8 Å². The van der Waals surface area contributed by atoms with Crippen LogP contribution in [-0.4, -0.2) is 15.5 Å². The standard InChI is InChI=1S/C23H21N3O4S/c1-3-10-26-22(29)18-6-4-5-7-19(18)25-23(26)31-13-15-11-21(28)30-20-12-16(24-14(2)27)8-9-17(15)20/h4-9,11-12H,3,10,13H2,1-2H3,(H,24,27). The number of aromatic nitrogens is 2. The van der Waals surface area contributed by atoms with Gasteiger partial charge in [-0.05, 0) is 36.2 Å². The Morgan fingerprint density at radius 2 is 1.94 bits per heavy atom. The predicted molar refractivity (Wildman–Crippen MR) is 123 cm³/mol. The summed E-state index contributed by atoms with van der Waals surface area (Å²) in [7, 11) is 0. The summed E-state index contributed by atoms with van der Waals surface area (Å²) in [4.78, 5) is 41.1. The maximum Gasteiger partial charge on any atom is 0.336 e. The molecule has 0 spiro atoms. The minimum atomic E-state index is -0.472. The van der Waals surface area contributed by atoms with Crippen molar-refractivity contribution < 1.29 is 9.21 Å². The van der Waals surface area contributed by atoms with E-state index in [4.69, 9.17) is 9.40 Å². The predicted octanol–water partition coefficient (Wildman–Crippen LogP) is 4.16. The molecule has 2 heterocycles. The van der Waals surface area contributed by atoms with Gasteiger partial charge < -0.3 is 9.73 Å². The van der Waals surface area contributed by atoms with E-state index in [1.165, 1.54) is 24.8 Å². The number of thioether (sulfide) groups is 1. The maximum atomic E-state index is 13.0. The number of nitrogens with one attached hydrogen (secondary N) is 1. The summed E-state index contributed by atoms with van der Waals surface area (Å²) in [6.07, 6.45) is 0.803. The lowest BCUT2D eigenvalue weighted by atomic mass is 10.1. The Kier molecular flexibility index (Phi) is 5.90. The third-order valence-electron chi connectivity index (χ3n) is 4.78. The number of hydrogen-bond acceptors (Lipinski definition) is 6. The van der Waals surface area contributed by atoms with E-state index in [1.807, 2.05) is 31.2 Å². The number of carbonyl (C=O) groups is 1. The highest BCUT2D eigenvalue weighted by molar-refractivity contribution is 7.98. The number of anilines is 1. The molecule has 7 nitrogen and oxygen atoms in total. The summed E-state index contributed by atoms with van der Waals surface area (Å²) in [6.45, 7) is 4.00. The summed E-state index contributed by atoms with van der Waals surface area (Å²) in [6, 6.07) is 14.0. The van der Waals surface area contributed by atoms with Crippen molar-refractivity contribution in [2.75, 3.05) is 5.32 Å². The quantitative estimate of drug-likeness (QED) is 0.278. The van der Waals surface area contributed by atoms with Crippen LogP contribution in [0.3, 0.4) is 0 Å². The molecule has 1 N–H and O–H groups in total. The van der Waals surface area contributed by atoms with Crippen molar-refractivity contribution in [1.29, 1.82) is 0 Å². The largest absolute Gasteiger partial charge is 0.423 e. The number of para-hydroxylation sites is 1. The Labute approximate surface area is 182 Å². The number of fused-ring (bicyclic) bond motifs is 2. The zero-order valence-electron chi connectivity index (χ0n) is 17.2. The fourth-order valence-corrected chi connectivity index (χ4v) is 4.47. The van der Waals surface area contributed by atoms with Crippen LogP contribution in [0.25, 0.3) is 21.9 Å². The van der Waals surface area contributed by atoms with E-state index in [0.717, 1.165) is 17.4 Å². The second-order valence-corrected chi connectivity index (χ2v) is 8.08. The molecular weight excluding hydrogens is 414 g/mol. The molecule has 8 heteroatoms. The number of hydrogen-bond donors (Lipinski definition) is 1. The number of nitrogens with zero attached hydrogens (tertiary/aromatic N) is 2. The Morgan fingerprint density at radius 1 is 1.13 bits per heavy atom. The van der Waals surface area contributed by atoms with Gasteiger partial charge in [0, 0.05) is 42.4 Å². The van der Waals surface area contributed by atoms with Crippen LogP contribution in [0.4, 0.5) is 5.69 Å². The molecule has 0 radical (unpaired) electrons. The second kappa shape index (κ2) is 8.77. The van der Waals surface area contributed by atoms with Crippen molar-refractivity contribution in [3.63, 3.8) is 0 Å². The molecule has 0 saturated carbocycles. The van der Waals surface area contributed by atoms with Crippen LogP contribution >= 0.6 is 11.8 Å². The van der Waals surface area contributed by atoms with E-state index in [2.05, 4.69) is 5.32 Å². The van der Waals surface area contributed by atoms with Gasteiger partial charge in [-0.2, -0.15) is 0 Å². The Morgan fingerprint density at radius 3 is 2.71 bits per heavy atom. The molecule has 31 heavy (non-hydrogen) atoms. The average molecular weight is 436 g/mol. The molecule has 0 unspecified atom stereocenters. The van der Waals surface area contributed by atoms with Crippen LogP contribution in [-0.2, 0) is 17.1 Å². The van der Waals surface area contributed by atoms with Crippen molar-refractivity contribution in [3.8, 4) is 0 Å². The van der Waals surface area contributed by atoms with Crippen LogP contribution < -0.4 is 16.5 Å². The first-order valence-corrected chi connectivity index (χ1v) is 10.9. The van der Waals surface area contributed by atoms with Gasteiger partial charge in [-0.15, -0.1) is 0 Å². The summed E-state index contributed by atoms with van der Waals surface area (Å²) < 4.78 is 7.02. The van der Waals surface area contributed by atoms with Gasteiger partial charge in [0.05, 0.1) is 10.9 Å². The molecule has 0 atom stereocenters. The molecule has 0 aliphatic carbocycles. The molecule has 2 aromatic carbocycles. The van der Waals surface area contributed by atoms with Crippen molar-refractivity contribution in [3.05, 3.63) is 74.9 Å². The van der Waals surface area contributed by atoms with Crippen LogP contribution in [0.5, 0.6) is 0 Å². The first kappa shape index (κ1) is 20.9. The monoisotopic (exact) mass is 435 g/mol. The molecule has 0 bridgehead atoms. The second-order valence-electron chi connectivity index (χ2n) is 7.14. The summed E-state index contributed by atoms with van der Waals surface area (Å²) in [5, 5.41) is 4.66. The molecule has 0 saturated heterocycles. The van der Waals surface area contributed by atoms with Gasteiger partial charge in [-0.3, -0.25) is 14.2 Å². The van der Waals surface area contributed by atoms with Crippen molar-refractivity contribution in [2.24, 2.45) is 0 Å². The molecule has 0 aliphatic rings. The highest BCUT2D eigenvalue weighted by atomic mass is 32.2. The highest BCUT2D eigenvalue weighted by Gasteiger charge is 2.13. The number of benzene rings is 2. The summed E-state index contributed by atoms with van der Waals surface area (Å²) in [5.74, 6) is 0.237. The van der Waals surface area contributed by atoms with E-state index < -0.39 is 5.63 Å². The van der Waals surface area contributed by atoms with Crippen LogP contribution in [0.1, 0.15) is 25.8 Å². The van der Waals surface area contributed by atoms with E-state index >= 15 is 0 Å². The van der Waals surface area contributed by atoms with Gasteiger partial charge in [0.15, 0.2) is 5.16 Å². The van der Waals surface area contributed by atoms with Crippen LogP contribution in [0, 0.1) is 0 Å². The lowest BCUT2D eigenvalue weighted by Gasteiger charge is -2.13. The van der Waals surface area contributed by atoms with Crippen molar-refractivity contribution >= 4 is 45.2 Å². The van der Waals surface area contributed by atoms with Crippen molar-refractivity contribution in [1.82, 2.24) is 9.55 Å². The van der Waals surface area contributed by atoms with E-state index in [9.17, 15) is 14.4 Å². The first-order chi connectivity index (χ1) is 15.0. The number of rotatable bonds is 6. The normalized spacial score (nSPS) is 11.2. The minimum Gasteiger partial charge on any atom is -0.423 e. The van der Waals surface area contributed by atoms with Gasteiger partial charge in [-0.25, -0.2) is 9.78 Å². The van der Waals surface area contributed by atoms with Crippen LogP contribution in [0.2, 0.25) is 0 Å². The van der Waals surface area contributed by atoms with E-state index in [0.29, 0.717) is 39.6 Å². The lowest BCUT2D eigenvalue weighted by Crippen LogP contribution is -2.23. The van der Waals surface area contributed by atoms with Gasteiger partial charge in [0.1, 0.15) is 5.58 Å². The molecule has 158 valence electrons. The Balaban J connectivity index is 1.73. The number of amides is 1. The molecule has 0 aliphatic heterocycles. The molecular formula is C23H21N3O4S. The fraction of sp³-hybridized carbons (Fsp3) is 0.217. The average Bonchev–Trinajstić information content (AvgIpc) is 2.73. The highest BCUT2D eigenvalue weighted by Crippen LogP contribution is 2.27. The van der Waals surface area contributed by atoms with Gasteiger partial charge >= 0.3 is 5.63 Å². The molecule has 2 aromatic heterocycles. The first-order valence-electron chi connectivity index (χ1n) is 9.93. The minimum absolute atomic E-state index is 0.0627. The Hall–Kier alpha value is -3.39. The molecule has 1 amide bonds. The molecule has 0 fully saturated rings. The SMILES string of the molecule is CCCn1c(SCc2cc(=O)oc3cc(NC(C)=O)ccc23)nc2ccccc2c1=O. The van der Waals surface area contributed by atoms with Gasteiger partial charge in [0.2, 0.25) is 5.91 Å². The van der Waals surface area contributed by atoms with Gasteiger partial charge in [0.25, 0.3) is 5.56 Å². The molecule has 4 aromatic rings. The third-order valence-corrected chi connectivity index (χ3v) is 5.81.